The predicted octanol–water partition coefficient (Wildman–Crippen LogP) is 1.21. The summed E-state index contributed by atoms with van der Waals surface area (Å²) in [6.07, 6.45) is 5.31. The minimum atomic E-state index is -0.301. The minimum Gasteiger partial charge on any atom is -0.443 e. The van der Waals surface area contributed by atoms with E-state index in [9.17, 15) is 4.79 Å². The molecule has 1 aromatic rings. The van der Waals surface area contributed by atoms with Crippen molar-refractivity contribution in [1.29, 1.82) is 0 Å². The number of carbonyl (C=O) groups is 1. The molecular weight excluding hydrogens is 282 g/mol. The summed E-state index contributed by atoms with van der Waals surface area (Å²) in [7, 11) is 0. The Kier molecular flexibility index (Phi) is 4.13. The molecule has 0 radical (unpaired) electrons. The van der Waals surface area contributed by atoms with E-state index in [4.69, 9.17) is 4.74 Å². The first-order chi connectivity index (χ1) is 10.7. The SMILES string of the molecule is CC(C)C1C2=C(CCN1C(=O)OCc1cnccn1)NCN2. The summed E-state index contributed by atoms with van der Waals surface area (Å²) in [5.74, 6) is 0.307. The lowest BCUT2D eigenvalue weighted by molar-refractivity contribution is 0.0730. The second kappa shape index (κ2) is 6.21. The first-order valence-corrected chi connectivity index (χ1v) is 7.56. The van der Waals surface area contributed by atoms with Crippen LogP contribution < -0.4 is 10.6 Å². The number of carbonyl (C=O) groups excluding carboxylic acids is 1. The third-order valence-electron chi connectivity index (χ3n) is 3.97. The Labute approximate surface area is 129 Å². The zero-order valence-electron chi connectivity index (χ0n) is 12.9. The Bertz CT molecular complexity index is 573. The lowest BCUT2D eigenvalue weighted by Crippen LogP contribution is -2.49. The van der Waals surface area contributed by atoms with Crippen LogP contribution in [0.2, 0.25) is 0 Å². The normalized spacial score (nSPS) is 20.5. The summed E-state index contributed by atoms with van der Waals surface area (Å²) < 4.78 is 5.41. The van der Waals surface area contributed by atoms with Gasteiger partial charge in [-0.3, -0.25) is 14.9 Å². The van der Waals surface area contributed by atoms with Gasteiger partial charge in [-0.2, -0.15) is 0 Å². The smallest absolute Gasteiger partial charge is 0.410 e. The van der Waals surface area contributed by atoms with Crippen molar-refractivity contribution in [3.05, 3.63) is 35.7 Å². The van der Waals surface area contributed by atoms with Gasteiger partial charge < -0.3 is 15.4 Å². The van der Waals surface area contributed by atoms with E-state index in [0.717, 1.165) is 18.8 Å². The zero-order valence-corrected chi connectivity index (χ0v) is 12.9. The maximum absolute atomic E-state index is 12.5. The van der Waals surface area contributed by atoms with Crippen LogP contribution in [0.4, 0.5) is 4.79 Å². The average Bonchev–Trinajstić information content (AvgIpc) is 3.00. The number of hydrogen-bond acceptors (Lipinski definition) is 6. The summed E-state index contributed by atoms with van der Waals surface area (Å²) in [6.45, 7) is 5.77. The van der Waals surface area contributed by atoms with E-state index in [1.165, 1.54) is 5.70 Å². The molecule has 2 N–H and O–H groups in total. The fourth-order valence-electron chi connectivity index (χ4n) is 3.00. The highest BCUT2D eigenvalue weighted by atomic mass is 16.6. The topological polar surface area (TPSA) is 79.4 Å². The molecular formula is C15H21N5O2. The van der Waals surface area contributed by atoms with Gasteiger partial charge in [0.2, 0.25) is 0 Å². The maximum Gasteiger partial charge on any atom is 0.410 e. The molecule has 0 spiro atoms. The number of amides is 1. The molecule has 118 valence electrons. The van der Waals surface area contributed by atoms with E-state index >= 15 is 0 Å². The van der Waals surface area contributed by atoms with E-state index in [-0.39, 0.29) is 18.7 Å². The minimum absolute atomic E-state index is 0.0214. The Hall–Kier alpha value is -2.31. The molecule has 1 amide bonds. The quantitative estimate of drug-likeness (QED) is 0.873. The molecule has 2 aliphatic rings. The van der Waals surface area contributed by atoms with Crippen molar-refractivity contribution in [3.63, 3.8) is 0 Å². The standard InChI is InChI=1S/C15H21N5O2/c1-10(2)14-13-12(18-9-19-13)3-6-20(14)15(21)22-8-11-7-16-4-5-17-11/h4-5,7,10,14,18-19H,3,6,8-9H2,1-2H3. The van der Waals surface area contributed by atoms with Gasteiger partial charge >= 0.3 is 6.09 Å². The summed E-state index contributed by atoms with van der Waals surface area (Å²) in [6, 6.07) is 0.0214. The van der Waals surface area contributed by atoms with Crippen molar-refractivity contribution in [1.82, 2.24) is 25.5 Å². The molecule has 0 aromatic carbocycles. The van der Waals surface area contributed by atoms with Crippen LogP contribution in [0.3, 0.4) is 0 Å². The average molecular weight is 303 g/mol. The van der Waals surface area contributed by atoms with Gasteiger partial charge in [-0.05, 0) is 5.92 Å². The molecule has 1 atom stereocenters. The van der Waals surface area contributed by atoms with Crippen LogP contribution in [0.25, 0.3) is 0 Å². The van der Waals surface area contributed by atoms with Crippen molar-refractivity contribution >= 4 is 6.09 Å². The molecule has 2 aliphatic heterocycles. The van der Waals surface area contributed by atoms with Crippen LogP contribution in [-0.2, 0) is 11.3 Å². The number of rotatable bonds is 3. The number of hydrogen-bond donors (Lipinski definition) is 2. The van der Waals surface area contributed by atoms with Gasteiger partial charge in [-0.1, -0.05) is 13.8 Å². The lowest BCUT2D eigenvalue weighted by atomic mass is 9.94. The molecule has 1 unspecified atom stereocenters. The van der Waals surface area contributed by atoms with Crippen molar-refractivity contribution in [2.24, 2.45) is 5.92 Å². The number of nitrogens with zero attached hydrogens (tertiary/aromatic N) is 3. The second-order valence-electron chi connectivity index (χ2n) is 5.81. The summed E-state index contributed by atoms with van der Waals surface area (Å²) in [5, 5.41) is 6.68. The number of ether oxygens (including phenoxy) is 1. The Balaban J connectivity index is 1.69. The van der Waals surface area contributed by atoms with E-state index < -0.39 is 0 Å². The largest absolute Gasteiger partial charge is 0.443 e. The molecule has 0 aliphatic carbocycles. The van der Waals surface area contributed by atoms with E-state index in [1.54, 1.807) is 23.5 Å². The van der Waals surface area contributed by atoms with Crippen LogP contribution in [-0.4, -0.2) is 40.2 Å². The summed E-state index contributed by atoms with van der Waals surface area (Å²) in [4.78, 5) is 22.3. The molecule has 0 saturated carbocycles. The van der Waals surface area contributed by atoms with Crippen LogP contribution in [0.5, 0.6) is 0 Å². The van der Waals surface area contributed by atoms with Crippen molar-refractivity contribution < 1.29 is 9.53 Å². The lowest BCUT2D eigenvalue weighted by Gasteiger charge is -2.38. The monoisotopic (exact) mass is 303 g/mol. The van der Waals surface area contributed by atoms with Gasteiger partial charge in [0.25, 0.3) is 0 Å². The molecule has 0 fully saturated rings. The summed E-state index contributed by atoms with van der Waals surface area (Å²) in [5.41, 5.74) is 2.99. The highest BCUT2D eigenvalue weighted by molar-refractivity contribution is 5.69. The number of nitrogens with one attached hydrogen (secondary N) is 2. The zero-order chi connectivity index (χ0) is 15.5. The van der Waals surface area contributed by atoms with Crippen molar-refractivity contribution in [3.8, 4) is 0 Å². The predicted molar refractivity (Wildman–Crippen MR) is 80.3 cm³/mol. The summed E-state index contributed by atoms with van der Waals surface area (Å²) >= 11 is 0. The second-order valence-corrected chi connectivity index (χ2v) is 5.81. The van der Waals surface area contributed by atoms with Gasteiger partial charge in [0.05, 0.1) is 30.3 Å². The van der Waals surface area contributed by atoms with Gasteiger partial charge in [-0.25, -0.2) is 4.79 Å². The van der Waals surface area contributed by atoms with Gasteiger partial charge in [0.1, 0.15) is 6.61 Å². The first kappa shape index (κ1) is 14.6. The van der Waals surface area contributed by atoms with Crippen LogP contribution in [0, 0.1) is 5.92 Å². The van der Waals surface area contributed by atoms with E-state index in [0.29, 0.717) is 18.2 Å². The Morgan fingerprint density at radius 2 is 2.32 bits per heavy atom. The van der Waals surface area contributed by atoms with Crippen LogP contribution >= 0.6 is 0 Å². The van der Waals surface area contributed by atoms with Gasteiger partial charge in [0.15, 0.2) is 0 Å². The first-order valence-electron chi connectivity index (χ1n) is 7.56. The third-order valence-corrected chi connectivity index (χ3v) is 3.97. The van der Waals surface area contributed by atoms with Crippen LogP contribution in [0.15, 0.2) is 30.0 Å². The number of aromatic nitrogens is 2. The van der Waals surface area contributed by atoms with Gasteiger partial charge in [-0.15, -0.1) is 0 Å². The fourth-order valence-corrected chi connectivity index (χ4v) is 3.00. The Morgan fingerprint density at radius 1 is 1.45 bits per heavy atom. The third kappa shape index (κ3) is 2.84. The van der Waals surface area contributed by atoms with Gasteiger partial charge in [0, 0.05) is 31.1 Å². The highest BCUT2D eigenvalue weighted by Crippen LogP contribution is 2.28. The van der Waals surface area contributed by atoms with E-state index in [2.05, 4.69) is 34.4 Å². The molecule has 3 rings (SSSR count). The fraction of sp³-hybridized carbons (Fsp3) is 0.533. The van der Waals surface area contributed by atoms with E-state index in [1.807, 2.05) is 0 Å². The molecule has 7 heteroatoms. The maximum atomic E-state index is 12.5. The van der Waals surface area contributed by atoms with Crippen molar-refractivity contribution in [2.75, 3.05) is 13.2 Å². The van der Waals surface area contributed by atoms with Crippen LogP contribution in [0.1, 0.15) is 26.0 Å². The molecule has 0 bridgehead atoms. The molecule has 3 heterocycles. The molecule has 7 nitrogen and oxygen atoms in total. The highest BCUT2D eigenvalue weighted by Gasteiger charge is 2.37. The Morgan fingerprint density at radius 3 is 3.05 bits per heavy atom. The molecule has 22 heavy (non-hydrogen) atoms. The molecule has 0 saturated heterocycles. The van der Waals surface area contributed by atoms with Crippen molar-refractivity contribution in [2.45, 2.75) is 32.9 Å². The molecule has 1 aromatic heterocycles.